The average Bonchev–Trinajstić information content (AvgIpc) is 4.09. The normalized spacial score (nSPS) is 14.0. The van der Waals surface area contributed by atoms with Gasteiger partial charge in [-0.25, -0.2) is 0 Å². The van der Waals surface area contributed by atoms with E-state index in [1.165, 1.54) is 132 Å². The highest BCUT2D eigenvalue weighted by molar-refractivity contribution is 6.33. The molecule has 0 saturated carbocycles. The van der Waals surface area contributed by atoms with Gasteiger partial charge in [0.05, 0.1) is 5.41 Å². The molecule has 0 atom stereocenters. The van der Waals surface area contributed by atoms with Gasteiger partial charge in [-0.1, -0.05) is 220 Å². The summed E-state index contributed by atoms with van der Waals surface area (Å²) in [7, 11) is 0. The summed E-state index contributed by atoms with van der Waals surface area (Å²) in [6.45, 7) is 4.80. The van der Waals surface area contributed by atoms with Crippen LogP contribution in [-0.2, 0) is 10.8 Å². The van der Waals surface area contributed by atoms with Crippen LogP contribution in [0.3, 0.4) is 0 Å². The van der Waals surface area contributed by atoms with Gasteiger partial charge < -0.3 is 9.32 Å². The van der Waals surface area contributed by atoms with Crippen molar-refractivity contribution in [3.63, 3.8) is 0 Å². The Bertz CT molecular complexity index is 4760. The Morgan fingerprint density at radius 3 is 1.42 bits per heavy atom. The second-order valence-corrected chi connectivity index (χ2v) is 22.2. The zero-order chi connectivity index (χ0) is 51.4. The molecule has 1 spiro atoms. The Kier molecular flexibility index (Phi) is 8.86. The van der Waals surface area contributed by atoms with Crippen LogP contribution >= 0.6 is 0 Å². The first-order chi connectivity index (χ1) is 38.4. The van der Waals surface area contributed by atoms with Crippen LogP contribution in [0.1, 0.15) is 47.2 Å². The van der Waals surface area contributed by atoms with E-state index in [2.05, 4.69) is 280 Å². The fourth-order valence-corrected chi connectivity index (χ4v) is 14.7. The van der Waals surface area contributed by atoms with E-state index in [1.807, 2.05) is 0 Å². The highest BCUT2D eigenvalue weighted by Crippen LogP contribution is 2.65. The van der Waals surface area contributed by atoms with Gasteiger partial charge in [0.2, 0.25) is 0 Å². The molecule has 3 aliphatic carbocycles. The maximum Gasteiger partial charge on any atom is 0.136 e. The number of fused-ring (bicyclic) bond motifs is 16. The number of nitrogens with zero attached hydrogens (tertiary/aromatic N) is 1. The lowest BCUT2D eigenvalue weighted by molar-refractivity contribution is 0.660. The lowest BCUT2D eigenvalue weighted by Gasteiger charge is -2.32. The second-order valence-electron chi connectivity index (χ2n) is 22.2. The molecule has 2 heteroatoms. The van der Waals surface area contributed by atoms with Crippen molar-refractivity contribution in [2.75, 3.05) is 4.90 Å². The van der Waals surface area contributed by atoms with Crippen molar-refractivity contribution in [2.24, 2.45) is 0 Å². The van der Waals surface area contributed by atoms with Crippen LogP contribution in [-0.4, -0.2) is 0 Å². The zero-order valence-corrected chi connectivity index (χ0v) is 43.2. The molecule has 1 heterocycles. The molecule has 17 rings (SSSR count). The van der Waals surface area contributed by atoms with E-state index in [0.29, 0.717) is 0 Å². The van der Waals surface area contributed by atoms with E-state index in [1.54, 1.807) is 0 Å². The molecule has 2 nitrogen and oxygen atoms in total. The molecule has 14 aromatic rings. The fraction of sp³-hybridized carbons (Fsp3) is 0.0526. The number of furan rings is 1. The maximum atomic E-state index is 6.47. The number of anilines is 3. The summed E-state index contributed by atoms with van der Waals surface area (Å²) < 4.78 is 6.47. The molecule has 0 aliphatic heterocycles. The summed E-state index contributed by atoms with van der Waals surface area (Å²) in [5.74, 6) is 0. The van der Waals surface area contributed by atoms with Gasteiger partial charge >= 0.3 is 0 Å². The van der Waals surface area contributed by atoms with Crippen LogP contribution in [0.5, 0.6) is 0 Å². The Balaban J connectivity index is 0.906. The fourth-order valence-electron chi connectivity index (χ4n) is 14.7. The topological polar surface area (TPSA) is 16.4 Å². The van der Waals surface area contributed by atoms with Crippen molar-refractivity contribution in [2.45, 2.75) is 24.7 Å². The molecule has 0 bridgehead atoms. The van der Waals surface area contributed by atoms with Gasteiger partial charge in [-0.3, -0.25) is 0 Å². The molecular weight excluding hydrogens is 943 g/mol. The van der Waals surface area contributed by atoms with Crippen molar-refractivity contribution in [1.82, 2.24) is 0 Å². The molecule has 78 heavy (non-hydrogen) atoms. The summed E-state index contributed by atoms with van der Waals surface area (Å²) in [6, 6.07) is 97.8. The van der Waals surface area contributed by atoms with Crippen molar-refractivity contribution in [3.8, 4) is 66.8 Å². The third-order valence-corrected chi connectivity index (χ3v) is 18.0. The molecule has 0 radical (unpaired) electrons. The van der Waals surface area contributed by atoms with Gasteiger partial charge in [-0.05, 0) is 176 Å². The molecule has 0 N–H and O–H groups in total. The number of hydrogen-bond donors (Lipinski definition) is 0. The predicted molar refractivity (Wildman–Crippen MR) is 325 cm³/mol. The van der Waals surface area contributed by atoms with Crippen LogP contribution in [0.25, 0.3) is 110 Å². The Labute approximate surface area is 453 Å². The molecule has 364 valence electrons. The maximum absolute atomic E-state index is 6.47. The first kappa shape index (κ1) is 43.5. The van der Waals surface area contributed by atoms with Gasteiger partial charge in [-0.15, -0.1) is 0 Å². The molecule has 13 aromatic carbocycles. The molecule has 1 aromatic heterocycles. The third-order valence-electron chi connectivity index (χ3n) is 18.0. The highest BCUT2D eigenvalue weighted by Gasteiger charge is 2.52. The Morgan fingerprint density at radius 1 is 0.282 bits per heavy atom. The monoisotopic (exact) mass is 991 g/mol. The van der Waals surface area contributed by atoms with Gasteiger partial charge in [0, 0.05) is 33.2 Å². The molecule has 0 saturated heterocycles. The predicted octanol–water partition coefficient (Wildman–Crippen LogP) is 20.5. The first-order valence-electron chi connectivity index (χ1n) is 27.3. The van der Waals surface area contributed by atoms with E-state index < -0.39 is 5.41 Å². The molecule has 0 fully saturated rings. The highest BCUT2D eigenvalue weighted by atomic mass is 16.3. The van der Waals surface area contributed by atoms with Crippen LogP contribution in [0.2, 0.25) is 0 Å². The number of benzene rings is 13. The summed E-state index contributed by atoms with van der Waals surface area (Å²) in [5, 5.41) is 7.35. The molecule has 0 unspecified atom stereocenters. The summed E-state index contributed by atoms with van der Waals surface area (Å²) in [6.07, 6.45) is 0. The Hall–Kier alpha value is -9.76. The largest absolute Gasteiger partial charge is 0.456 e. The first-order valence-corrected chi connectivity index (χ1v) is 27.3. The van der Waals surface area contributed by atoms with Gasteiger partial charge in [0.15, 0.2) is 0 Å². The number of rotatable bonds is 6. The van der Waals surface area contributed by atoms with E-state index in [0.717, 1.165) is 28.2 Å². The van der Waals surface area contributed by atoms with Crippen molar-refractivity contribution >= 4 is 60.5 Å². The molecular formula is C76H49NO. The lowest BCUT2D eigenvalue weighted by Crippen LogP contribution is -2.26. The minimum Gasteiger partial charge on any atom is -0.456 e. The SMILES string of the molecule is CC1(C)c2cc(N(c3ccc(-c4ccccc4)cc3)c3ccc4c(c3)C3(c5ccccc5-c5ccccc53)c3cccc(-c5ccc6c(c5)c5cccc7oc8cccc6c8c75)c3-4)ccc2-c2c(-c3ccccc3)cccc21. The second kappa shape index (κ2) is 15.9. The van der Waals surface area contributed by atoms with Gasteiger partial charge in [0.25, 0.3) is 0 Å². The Morgan fingerprint density at radius 2 is 0.756 bits per heavy atom. The van der Waals surface area contributed by atoms with E-state index >= 15 is 0 Å². The van der Waals surface area contributed by atoms with E-state index in [9.17, 15) is 0 Å². The number of hydrogen-bond acceptors (Lipinski definition) is 2. The quantitative estimate of drug-likeness (QED) is 0.154. The van der Waals surface area contributed by atoms with Crippen molar-refractivity contribution in [1.29, 1.82) is 0 Å². The third kappa shape index (κ3) is 5.76. The summed E-state index contributed by atoms with van der Waals surface area (Å²) >= 11 is 0. The van der Waals surface area contributed by atoms with Crippen molar-refractivity contribution in [3.05, 3.63) is 294 Å². The lowest BCUT2D eigenvalue weighted by atomic mass is 9.70. The molecule has 3 aliphatic rings. The van der Waals surface area contributed by atoms with Crippen molar-refractivity contribution < 1.29 is 4.42 Å². The minimum atomic E-state index is -0.580. The molecule has 0 amide bonds. The van der Waals surface area contributed by atoms with Crippen LogP contribution in [0, 0.1) is 0 Å². The van der Waals surface area contributed by atoms with E-state index in [4.69, 9.17) is 4.42 Å². The van der Waals surface area contributed by atoms with Crippen LogP contribution in [0.4, 0.5) is 17.1 Å². The zero-order valence-electron chi connectivity index (χ0n) is 43.2. The smallest absolute Gasteiger partial charge is 0.136 e. The summed E-state index contributed by atoms with van der Waals surface area (Å²) in [4.78, 5) is 2.51. The van der Waals surface area contributed by atoms with E-state index in [-0.39, 0.29) is 5.41 Å². The van der Waals surface area contributed by atoms with Crippen LogP contribution < -0.4 is 4.90 Å². The standard InChI is InChI=1S/C76H49NO/c1-75(2)65-29-13-23-53(48-19-7-4-8-20-48)71(65)60-41-38-51(44-67(60)75)77(50-36-33-47(34-37-50)46-17-5-3-6-18-46)52-39-42-61-68(45-52)76(63-27-11-9-21-56(63)57-22-10-12-28-64(57)76)66-30-14-24-54(72(61)66)49-35-40-55-58-25-15-31-69-73(58)74-59(62(55)43-49)26-16-32-70(74)78-69/h3-45H,1-2H3. The van der Waals surface area contributed by atoms with Gasteiger partial charge in [-0.2, -0.15) is 0 Å². The average molecular weight is 992 g/mol. The van der Waals surface area contributed by atoms with Gasteiger partial charge in [0.1, 0.15) is 11.2 Å². The van der Waals surface area contributed by atoms with Crippen LogP contribution in [0.15, 0.2) is 265 Å². The summed E-state index contributed by atoms with van der Waals surface area (Å²) in [5.41, 5.74) is 27.5. The minimum absolute atomic E-state index is 0.233.